The Kier molecular flexibility index (Phi) is 4.71. The van der Waals surface area contributed by atoms with E-state index >= 15 is 0 Å². The third-order valence-electron chi connectivity index (χ3n) is 4.59. The molecule has 1 aromatic heterocycles. The number of amides is 1. The Labute approximate surface area is 135 Å². The highest BCUT2D eigenvalue weighted by molar-refractivity contribution is 7.99. The standard InChI is InChI=1S/C17H23N3OS/c1-19(13-8-4-3-5-9-13)16(21)12-22-17-18-14-10-6-7-11-15(14)20(17)2/h6-7,10-11,13H,3-5,8-9,12H2,1-2H3. The Balaban J connectivity index is 1.63. The van der Waals surface area contributed by atoms with Crippen molar-refractivity contribution in [1.82, 2.24) is 14.5 Å². The molecule has 1 fully saturated rings. The Morgan fingerprint density at radius 2 is 2.05 bits per heavy atom. The molecule has 0 unspecified atom stereocenters. The number of rotatable bonds is 4. The number of benzene rings is 1. The van der Waals surface area contributed by atoms with Gasteiger partial charge in [-0.3, -0.25) is 4.79 Å². The van der Waals surface area contributed by atoms with Gasteiger partial charge in [-0.1, -0.05) is 43.2 Å². The van der Waals surface area contributed by atoms with Crippen molar-refractivity contribution in [1.29, 1.82) is 0 Å². The third kappa shape index (κ3) is 3.14. The van der Waals surface area contributed by atoms with Gasteiger partial charge < -0.3 is 9.47 Å². The Hall–Kier alpha value is -1.49. The summed E-state index contributed by atoms with van der Waals surface area (Å²) in [5.74, 6) is 0.674. The zero-order valence-corrected chi connectivity index (χ0v) is 14.1. The average molecular weight is 317 g/mol. The molecule has 0 bridgehead atoms. The number of fused-ring (bicyclic) bond motifs is 1. The first-order valence-electron chi connectivity index (χ1n) is 7.96. The van der Waals surface area contributed by atoms with Gasteiger partial charge in [-0.25, -0.2) is 4.98 Å². The monoisotopic (exact) mass is 317 g/mol. The number of thioether (sulfide) groups is 1. The summed E-state index contributed by atoms with van der Waals surface area (Å²) in [6.07, 6.45) is 6.12. The van der Waals surface area contributed by atoms with Gasteiger partial charge in [0.2, 0.25) is 5.91 Å². The smallest absolute Gasteiger partial charge is 0.233 e. The molecule has 22 heavy (non-hydrogen) atoms. The van der Waals surface area contributed by atoms with E-state index in [1.807, 2.05) is 37.2 Å². The van der Waals surface area contributed by atoms with Crippen LogP contribution in [0.3, 0.4) is 0 Å². The fraction of sp³-hybridized carbons (Fsp3) is 0.529. The van der Waals surface area contributed by atoms with Gasteiger partial charge in [-0.05, 0) is 25.0 Å². The first-order chi connectivity index (χ1) is 10.7. The molecule has 1 heterocycles. The van der Waals surface area contributed by atoms with E-state index in [4.69, 9.17) is 0 Å². The number of carbonyl (C=O) groups excluding carboxylic acids is 1. The summed E-state index contributed by atoms with van der Waals surface area (Å²) in [4.78, 5) is 19.0. The fourth-order valence-electron chi connectivity index (χ4n) is 3.15. The first kappa shape index (κ1) is 15.4. The lowest BCUT2D eigenvalue weighted by Crippen LogP contribution is -2.39. The maximum Gasteiger partial charge on any atom is 0.233 e. The van der Waals surface area contributed by atoms with Gasteiger partial charge >= 0.3 is 0 Å². The Morgan fingerprint density at radius 1 is 1.32 bits per heavy atom. The van der Waals surface area contributed by atoms with Crippen LogP contribution in [0, 0.1) is 0 Å². The van der Waals surface area contributed by atoms with Crippen LogP contribution in [0.1, 0.15) is 32.1 Å². The quantitative estimate of drug-likeness (QED) is 0.811. The van der Waals surface area contributed by atoms with Crippen LogP contribution in [-0.4, -0.2) is 39.2 Å². The zero-order valence-electron chi connectivity index (χ0n) is 13.3. The van der Waals surface area contributed by atoms with Crippen LogP contribution >= 0.6 is 11.8 Å². The SMILES string of the molecule is CN(C(=O)CSc1nc2ccccc2n1C)C1CCCCC1. The van der Waals surface area contributed by atoms with Gasteiger partial charge in [-0.15, -0.1) is 0 Å². The normalized spacial score (nSPS) is 16.1. The zero-order chi connectivity index (χ0) is 15.5. The number of nitrogens with zero attached hydrogens (tertiary/aromatic N) is 3. The Bertz CT molecular complexity index is 661. The Morgan fingerprint density at radius 3 is 2.77 bits per heavy atom. The number of aromatic nitrogens is 2. The van der Waals surface area contributed by atoms with Crippen LogP contribution in [0.15, 0.2) is 29.4 Å². The van der Waals surface area contributed by atoms with Crippen LogP contribution in [0.2, 0.25) is 0 Å². The number of carbonyl (C=O) groups is 1. The predicted molar refractivity (Wildman–Crippen MR) is 91.1 cm³/mol. The van der Waals surface area contributed by atoms with Crippen molar-refractivity contribution in [3.8, 4) is 0 Å². The lowest BCUT2D eigenvalue weighted by molar-refractivity contribution is -0.129. The van der Waals surface area contributed by atoms with Gasteiger partial charge in [0, 0.05) is 20.1 Å². The van der Waals surface area contributed by atoms with Crippen molar-refractivity contribution in [2.24, 2.45) is 7.05 Å². The highest BCUT2D eigenvalue weighted by Crippen LogP contribution is 2.25. The molecule has 1 aliphatic carbocycles. The highest BCUT2D eigenvalue weighted by atomic mass is 32.2. The van der Waals surface area contributed by atoms with E-state index in [0.717, 1.165) is 29.0 Å². The minimum Gasteiger partial charge on any atom is -0.342 e. The van der Waals surface area contributed by atoms with Gasteiger partial charge in [0.05, 0.1) is 16.8 Å². The number of hydrogen-bond acceptors (Lipinski definition) is 3. The number of para-hydroxylation sites is 2. The molecule has 1 aliphatic rings. The molecule has 4 nitrogen and oxygen atoms in total. The van der Waals surface area contributed by atoms with Crippen molar-refractivity contribution in [2.45, 2.75) is 43.3 Å². The molecule has 5 heteroatoms. The molecule has 0 atom stereocenters. The first-order valence-corrected chi connectivity index (χ1v) is 8.95. The van der Waals surface area contributed by atoms with Crippen molar-refractivity contribution in [3.63, 3.8) is 0 Å². The van der Waals surface area contributed by atoms with Gasteiger partial charge in [-0.2, -0.15) is 0 Å². The summed E-state index contributed by atoms with van der Waals surface area (Å²) in [5.41, 5.74) is 2.10. The van der Waals surface area contributed by atoms with Gasteiger partial charge in [0.25, 0.3) is 0 Å². The van der Waals surface area contributed by atoms with Crippen molar-refractivity contribution in [2.75, 3.05) is 12.8 Å². The second-order valence-electron chi connectivity index (χ2n) is 6.03. The van der Waals surface area contributed by atoms with E-state index in [1.165, 1.54) is 31.0 Å². The molecule has 1 amide bonds. The summed E-state index contributed by atoms with van der Waals surface area (Å²) >= 11 is 1.53. The molecule has 0 spiro atoms. The summed E-state index contributed by atoms with van der Waals surface area (Å²) in [6.45, 7) is 0. The maximum absolute atomic E-state index is 12.4. The highest BCUT2D eigenvalue weighted by Gasteiger charge is 2.22. The van der Waals surface area contributed by atoms with Gasteiger partial charge in [0.1, 0.15) is 0 Å². The predicted octanol–water partition coefficient (Wildman–Crippen LogP) is 3.46. The molecule has 2 aromatic rings. The fourth-order valence-corrected chi connectivity index (χ4v) is 4.06. The minimum atomic E-state index is 0.212. The molecule has 0 aliphatic heterocycles. The molecule has 1 saturated carbocycles. The molecular formula is C17H23N3OS. The summed E-state index contributed by atoms with van der Waals surface area (Å²) in [6, 6.07) is 8.51. The van der Waals surface area contributed by atoms with E-state index in [2.05, 4.69) is 15.6 Å². The number of hydrogen-bond donors (Lipinski definition) is 0. The lowest BCUT2D eigenvalue weighted by atomic mass is 9.94. The molecule has 1 aromatic carbocycles. The second-order valence-corrected chi connectivity index (χ2v) is 6.97. The van der Waals surface area contributed by atoms with E-state index in [9.17, 15) is 4.79 Å². The molecule has 0 N–H and O–H groups in total. The van der Waals surface area contributed by atoms with Crippen LogP contribution < -0.4 is 0 Å². The van der Waals surface area contributed by atoms with Crippen molar-refractivity contribution >= 4 is 28.7 Å². The average Bonchev–Trinajstić information content (AvgIpc) is 2.89. The van der Waals surface area contributed by atoms with Gasteiger partial charge in [0.15, 0.2) is 5.16 Å². The van der Waals surface area contributed by atoms with E-state index in [0.29, 0.717) is 11.8 Å². The van der Waals surface area contributed by atoms with Crippen LogP contribution in [0.5, 0.6) is 0 Å². The van der Waals surface area contributed by atoms with E-state index in [-0.39, 0.29) is 5.91 Å². The molecule has 3 rings (SSSR count). The van der Waals surface area contributed by atoms with E-state index in [1.54, 1.807) is 0 Å². The largest absolute Gasteiger partial charge is 0.342 e. The van der Waals surface area contributed by atoms with E-state index < -0.39 is 0 Å². The molecule has 0 radical (unpaired) electrons. The van der Waals surface area contributed by atoms with Crippen LogP contribution in [0.25, 0.3) is 11.0 Å². The summed E-state index contributed by atoms with van der Waals surface area (Å²) in [7, 11) is 3.96. The number of imidazole rings is 1. The molecule has 118 valence electrons. The molecule has 0 saturated heterocycles. The number of aryl methyl sites for hydroxylation is 1. The topological polar surface area (TPSA) is 38.1 Å². The van der Waals surface area contributed by atoms with Crippen LogP contribution in [-0.2, 0) is 11.8 Å². The summed E-state index contributed by atoms with van der Waals surface area (Å²) < 4.78 is 2.06. The minimum absolute atomic E-state index is 0.212. The molecular weight excluding hydrogens is 294 g/mol. The third-order valence-corrected chi connectivity index (χ3v) is 5.60. The van der Waals surface area contributed by atoms with Crippen molar-refractivity contribution < 1.29 is 4.79 Å². The second kappa shape index (κ2) is 6.73. The summed E-state index contributed by atoms with van der Waals surface area (Å²) in [5, 5.41) is 0.909. The maximum atomic E-state index is 12.4. The lowest BCUT2D eigenvalue weighted by Gasteiger charge is -2.31. The van der Waals surface area contributed by atoms with Crippen LogP contribution in [0.4, 0.5) is 0 Å². The van der Waals surface area contributed by atoms with Crippen molar-refractivity contribution in [3.05, 3.63) is 24.3 Å².